The molecule has 5 rings (SSSR count). The lowest BCUT2D eigenvalue weighted by Crippen LogP contribution is -2.37. The van der Waals surface area contributed by atoms with E-state index in [0.29, 0.717) is 0 Å². The van der Waals surface area contributed by atoms with Crippen LogP contribution in [-0.2, 0) is 11.3 Å². The summed E-state index contributed by atoms with van der Waals surface area (Å²) in [6.07, 6.45) is 2.99. The highest BCUT2D eigenvalue weighted by molar-refractivity contribution is 7.80. The molecule has 2 saturated heterocycles. The van der Waals surface area contributed by atoms with Gasteiger partial charge in [-0.2, -0.15) is 0 Å². The lowest BCUT2D eigenvalue weighted by molar-refractivity contribution is 0.0369. The number of morpholine rings is 1. The van der Waals surface area contributed by atoms with Gasteiger partial charge in [0, 0.05) is 49.5 Å². The molecule has 1 aromatic carbocycles. The molecule has 34 heavy (non-hydrogen) atoms. The Morgan fingerprint density at radius 2 is 1.79 bits per heavy atom. The van der Waals surface area contributed by atoms with E-state index in [4.69, 9.17) is 17.0 Å². The number of nitrogens with one attached hydrogen (secondary N) is 1. The van der Waals surface area contributed by atoms with Gasteiger partial charge in [0.05, 0.1) is 31.0 Å². The van der Waals surface area contributed by atoms with Crippen molar-refractivity contribution in [2.24, 2.45) is 0 Å². The third kappa shape index (κ3) is 4.60. The highest BCUT2D eigenvalue weighted by Gasteiger charge is 2.42. The summed E-state index contributed by atoms with van der Waals surface area (Å²) in [7, 11) is 0. The van der Waals surface area contributed by atoms with Gasteiger partial charge >= 0.3 is 0 Å². The highest BCUT2D eigenvalue weighted by atomic mass is 32.1. The van der Waals surface area contributed by atoms with Crippen molar-refractivity contribution < 1.29 is 4.74 Å². The maximum absolute atomic E-state index is 5.87. The lowest BCUT2D eigenvalue weighted by Gasteiger charge is -2.28. The summed E-state index contributed by atoms with van der Waals surface area (Å²) in [5.74, 6) is 0. The first-order valence-electron chi connectivity index (χ1n) is 12.2. The van der Waals surface area contributed by atoms with Crippen LogP contribution in [0, 0.1) is 13.8 Å². The number of benzene rings is 1. The van der Waals surface area contributed by atoms with Gasteiger partial charge in [-0.15, -0.1) is 0 Å². The number of aromatic nitrogens is 2. The Morgan fingerprint density at radius 3 is 2.53 bits per heavy atom. The zero-order valence-corrected chi connectivity index (χ0v) is 20.8. The average molecular weight is 476 g/mol. The third-order valence-electron chi connectivity index (χ3n) is 7.02. The fraction of sp³-hybridized carbons (Fsp3) is 0.407. The molecule has 7 heteroatoms. The zero-order chi connectivity index (χ0) is 23.5. The Morgan fingerprint density at radius 1 is 1.03 bits per heavy atom. The van der Waals surface area contributed by atoms with Crippen LogP contribution in [0.15, 0.2) is 60.8 Å². The van der Waals surface area contributed by atoms with Crippen molar-refractivity contribution in [3.63, 3.8) is 0 Å². The largest absolute Gasteiger partial charge is 0.379 e. The number of nitrogens with zero attached hydrogens (tertiary/aromatic N) is 4. The second kappa shape index (κ2) is 10.3. The van der Waals surface area contributed by atoms with Crippen LogP contribution in [0.3, 0.4) is 0 Å². The number of pyridine rings is 1. The summed E-state index contributed by atoms with van der Waals surface area (Å²) in [5, 5.41) is 4.32. The Labute approximate surface area is 207 Å². The van der Waals surface area contributed by atoms with Gasteiger partial charge in [-0.3, -0.25) is 9.88 Å². The molecular weight excluding hydrogens is 442 g/mol. The smallest absolute Gasteiger partial charge is 0.174 e. The maximum atomic E-state index is 5.87. The monoisotopic (exact) mass is 475 g/mol. The number of aryl methyl sites for hydroxylation is 1. The first-order valence-corrected chi connectivity index (χ1v) is 12.6. The van der Waals surface area contributed by atoms with Gasteiger partial charge in [-0.25, -0.2) is 0 Å². The highest BCUT2D eigenvalue weighted by Crippen LogP contribution is 2.43. The second-order valence-electron chi connectivity index (χ2n) is 9.12. The molecule has 0 aliphatic carbocycles. The molecule has 2 fully saturated rings. The summed E-state index contributed by atoms with van der Waals surface area (Å²) in [4.78, 5) is 9.45. The number of hydrogen-bond donors (Lipinski definition) is 1. The van der Waals surface area contributed by atoms with E-state index in [1.54, 1.807) is 0 Å². The molecule has 6 nitrogen and oxygen atoms in total. The number of ether oxygens (including phenoxy) is 1. The molecule has 2 atom stereocenters. The van der Waals surface area contributed by atoms with Gasteiger partial charge in [0.1, 0.15) is 0 Å². The van der Waals surface area contributed by atoms with Gasteiger partial charge in [0.2, 0.25) is 0 Å². The van der Waals surface area contributed by atoms with Crippen molar-refractivity contribution >= 4 is 23.0 Å². The number of hydrogen-bond acceptors (Lipinski definition) is 4. The standard InChI is InChI=1S/C27H33N5OS/c1-20-19-23(21(2)31(20)14-8-13-30-15-17-33-18-16-30)26-25(24-11-6-7-12-28-24)29-27(34)32(26)22-9-4-3-5-10-22/h3-7,9-12,19,25-26H,8,13-18H2,1-2H3,(H,29,34)/t25-,26-/m1/s1. The van der Waals surface area contributed by atoms with E-state index in [9.17, 15) is 0 Å². The minimum Gasteiger partial charge on any atom is -0.379 e. The second-order valence-corrected chi connectivity index (χ2v) is 9.50. The Hall–Kier alpha value is -2.74. The molecule has 0 unspecified atom stereocenters. The molecule has 0 spiro atoms. The van der Waals surface area contributed by atoms with Crippen LogP contribution in [-0.4, -0.2) is 52.4 Å². The quantitative estimate of drug-likeness (QED) is 0.511. The fourth-order valence-electron chi connectivity index (χ4n) is 5.29. The molecule has 2 aromatic heterocycles. The normalized spacial score (nSPS) is 21.1. The third-order valence-corrected chi connectivity index (χ3v) is 7.34. The Bertz CT molecular complexity index is 1110. The predicted octanol–water partition coefficient (Wildman–Crippen LogP) is 4.40. The van der Waals surface area contributed by atoms with Crippen LogP contribution >= 0.6 is 12.2 Å². The van der Waals surface area contributed by atoms with Crippen molar-refractivity contribution in [3.05, 3.63) is 83.4 Å². The van der Waals surface area contributed by atoms with E-state index in [1.807, 2.05) is 24.4 Å². The zero-order valence-electron chi connectivity index (χ0n) is 20.0. The molecule has 1 N–H and O–H groups in total. The van der Waals surface area contributed by atoms with Crippen LogP contribution in [0.5, 0.6) is 0 Å². The summed E-state index contributed by atoms with van der Waals surface area (Å²) < 4.78 is 7.96. The van der Waals surface area contributed by atoms with Crippen LogP contribution in [0.1, 0.15) is 41.1 Å². The summed E-state index contributed by atoms with van der Waals surface area (Å²) in [5.41, 5.74) is 6.00. The van der Waals surface area contributed by atoms with E-state index in [0.717, 1.165) is 62.3 Å². The summed E-state index contributed by atoms with van der Waals surface area (Å²) in [6, 6.07) is 18.9. The molecule has 0 bridgehead atoms. The molecule has 2 aliphatic heterocycles. The van der Waals surface area contributed by atoms with Crippen molar-refractivity contribution in [3.8, 4) is 0 Å². The number of para-hydroxylation sites is 1. The number of anilines is 1. The van der Waals surface area contributed by atoms with Crippen LogP contribution in [0.2, 0.25) is 0 Å². The predicted molar refractivity (Wildman–Crippen MR) is 140 cm³/mol. The summed E-state index contributed by atoms with van der Waals surface area (Å²) >= 11 is 5.87. The van der Waals surface area contributed by atoms with Crippen molar-refractivity contribution in [2.45, 2.75) is 38.9 Å². The van der Waals surface area contributed by atoms with E-state index >= 15 is 0 Å². The van der Waals surface area contributed by atoms with Gasteiger partial charge in [0.25, 0.3) is 0 Å². The van der Waals surface area contributed by atoms with E-state index in [-0.39, 0.29) is 12.1 Å². The van der Waals surface area contributed by atoms with Gasteiger partial charge in [-0.05, 0) is 68.4 Å². The molecule has 2 aliphatic rings. The first-order chi connectivity index (χ1) is 16.6. The van der Waals surface area contributed by atoms with Crippen LogP contribution in [0.4, 0.5) is 5.69 Å². The average Bonchev–Trinajstić information content (AvgIpc) is 3.36. The van der Waals surface area contributed by atoms with E-state index in [1.165, 1.54) is 17.0 Å². The molecule has 0 saturated carbocycles. The SMILES string of the molecule is Cc1cc([C@@H]2[C@@H](c3ccccn3)NC(=S)N2c2ccccc2)c(C)n1CCCN1CCOCC1. The van der Waals surface area contributed by atoms with Crippen molar-refractivity contribution in [2.75, 3.05) is 37.7 Å². The first kappa shape index (κ1) is 23.0. The Kier molecular flexibility index (Phi) is 6.94. The molecule has 0 radical (unpaired) electrons. The molecule has 0 amide bonds. The van der Waals surface area contributed by atoms with Gasteiger partial charge in [-0.1, -0.05) is 24.3 Å². The minimum atomic E-state index is -0.0174. The fourth-order valence-corrected chi connectivity index (χ4v) is 5.63. The van der Waals surface area contributed by atoms with E-state index in [2.05, 4.69) is 74.9 Å². The summed E-state index contributed by atoms with van der Waals surface area (Å²) in [6.45, 7) is 10.4. The lowest BCUT2D eigenvalue weighted by atomic mass is 9.96. The minimum absolute atomic E-state index is 0.0174. The van der Waals surface area contributed by atoms with Crippen molar-refractivity contribution in [1.82, 2.24) is 19.8 Å². The maximum Gasteiger partial charge on any atom is 0.174 e. The molecule has 178 valence electrons. The molecule has 4 heterocycles. The number of thiocarbonyl (C=S) groups is 1. The molecule has 3 aromatic rings. The number of rotatable bonds is 7. The topological polar surface area (TPSA) is 45.6 Å². The van der Waals surface area contributed by atoms with E-state index < -0.39 is 0 Å². The van der Waals surface area contributed by atoms with Gasteiger partial charge < -0.3 is 19.5 Å². The Balaban J connectivity index is 1.45. The van der Waals surface area contributed by atoms with Crippen LogP contribution in [0.25, 0.3) is 0 Å². The van der Waals surface area contributed by atoms with Crippen LogP contribution < -0.4 is 10.2 Å². The van der Waals surface area contributed by atoms with Gasteiger partial charge in [0.15, 0.2) is 5.11 Å². The van der Waals surface area contributed by atoms with Crippen molar-refractivity contribution in [1.29, 1.82) is 0 Å². The molecular formula is C27H33N5OS.